The topological polar surface area (TPSA) is 17.1 Å². The number of carbonyl (C=O) groups excluding carboxylic acids is 1. The highest BCUT2D eigenvalue weighted by Gasteiger charge is 2.05. The van der Waals surface area contributed by atoms with Crippen LogP contribution in [0, 0.1) is 0 Å². The van der Waals surface area contributed by atoms with E-state index in [2.05, 4.69) is 27.7 Å². The SMILES string of the molecule is CCCCCCCCC(=CC(=O)C=C(CCCC)CCCCCCCC)CCCC. The average molecular weight is 419 g/mol. The van der Waals surface area contributed by atoms with Gasteiger partial charge in [0.05, 0.1) is 0 Å². The maximum Gasteiger partial charge on any atom is 0.178 e. The average Bonchev–Trinajstić information content (AvgIpc) is 2.74. The van der Waals surface area contributed by atoms with Crippen LogP contribution in [0.25, 0.3) is 0 Å². The van der Waals surface area contributed by atoms with Crippen LogP contribution in [-0.4, -0.2) is 5.78 Å². The molecule has 0 aromatic rings. The molecule has 0 aliphatic rings. The number of hydrogen-bond donors (Lipinski definition) is 0. The van der Waals surface area contributed by atoms with Gasteiger partial charge >= 0.3 is 0 Å². The first-order valence-electron chi connectivity index (χ1n) is 13.6. The first-order chi connectivity index (χ1) is 14.7. The van der Waals surface area contributed by atoms with Gasteiger partial charge in [0.2, 0.25) is 0 Å². The van der Waals surface area contributed by atoms with E-state index in [-0.39, 0.29) is 5.78 Å². The Labute approximate surface area is 190 Å². The highest BCUT2D eigenvalue weighted by Crippen LogP contribution is 2.20. The second-order valence-corrected chi connectivity index (χ2v) is 9.25. The van der Waals surface area contributed by atoms with Gasteiger partial charge in [-0.1, -0.05) is 116 Å². The molecule has 0 bridgehead atoms. The van der Waals surface area contributed by atoms with Crippen molar-refractivity contribution >= 4 is 5.78 Å². The van der Waals surface area contributed by atoms with Gasteiger partial charge in [-0.2, -0.15) is 0 Å². The van der Waals surface area contributed by atoms with E-state index in [0.29, 0.717) is 0 Å². The molecule has 0 unspecified atom stereocenters. The molecule has 0 aliphatic heterocycles. The minimum absolute atomic E-state index is 0.254. The van der Waals surface area contributed by atoms with Gasteiger partial charge in [-0.15, -0.1) is 0 Å². The summed E-state index contributed by atoms with van der Waals surface area (Å²) in [6.07, 6.45) is 29.2. The standard InChI is InChI=1S/C29H54O/c1-5-9-13-15-17-19-23-27(21-11-7-3)25-29(30)26-28(22-12-8-4)24-20-18-16-14-10-6-2/h25-26H,5-24H2,1-4H3. The summed E-state index contributed by atoms with van der Waals surface area (Å²) < 4.78 is 0. The molecule has 0 atom stereocenters. The number of rotatable bonds is 22. The second-order valence-electron chi connectivity index (χ2n) is 9.25. The van der Waals surface area contributed by atoms with Crippen LogP contribution < -0.4 is 0 Å². The van der Waals surface area contributed by atoms with Crippen molar-refractivity contribution in [3.05, 3.63) is 23.3 Å². The zero-order chi connectivity index (χ0) is 22.3. The fourth-order valence-electron chi connectivity index (χ4n) is 4.06. The molecule has 0 fully saturated rings. The molecule has 1 nitrogen and oxygen atoms in total. The molecule has 0 heterocycles. The van der Waals surface area contributed by atoms with Gasteiger partial charge in [-0.3, -0.25) is 4.79 Å². The van der Waals surface area contributed by atoms with Crippen molar-refractivity contribution < 1.29 is 4.79 Å². The van der Waals surface area contributed by atoms with Crippen molar-refractivity contribution in [2.24, 2.45) is 0 Å². The summed E-state index contributed by atoms with van der Waals surface area (Å²) in [5.41, 5.74) is 2.78. The summed E-state index contributed by atoms with van der Waals surface area (Å²) in [4.78, 5) is 12.8. The van der Waals surface area contributed by atoms with Crippen molar-refractivity contribution in [2.75, 3.05) is 0 Å². The van der Waals surface area contributed by atoms with Crippen molar-refractivity contribution in [3.8, 4) is 0 Å². The quantitative estimate of drug-likeness (QED) is 0.126. The van der Waals surface area contributed by atoms with Crippen molar-refractivity contribution in [1.82, 2.24) is 0 Å². The molecule has 0 aromatic carbocycles. The molecule has 0 aliphatic carbocycles. The first kappa shape index (κ1) is 29.1. The van der Waals surface area contributed by atoms with Crippen LogP contribution in [0.15, 0.2) is 23.3 Å². The molecule has 176 valence electrons. The van der Waals surface area contributed by atoms with Crippen molar-refractivity contribution in [1.29, 1.82) is 0 Å². The summed E-state index contributed by atoms with van der Waals surface area (Å²) in [5, 5.41) is 0. The Morgan fingerprint density at radius 1 is 0.433 bits per heavy atom. The van der Waals surface area contributed by atoms with Crippen LogP contribution in [0.5, 0.6) is 0 Å². The minimum Gasteiger partial charge on any atom is -0.290 e. The Balaban J connectivity index is 4.67. The monoisotopic (exact) mass is 418 g/mol. The van der Waals surface area contributed by atoms with Crippen LogP contribution in [0.3, 0.4) is 0 Å². The Bertz CT molecular complexity index is 403. The number of ketones is 1. The number of unbranched alkanes of at least 4 members (excludes halogenated alkanes) is 12. The van der Waals surface area contributed by atoms with E-state index in [1.165, 1.54) is 114 Å². The second kappa shape index (κ2) is 22.8. The van der Waals surface area contributed by atoms with E-state index < -0.39 is 0 Å². The van der Waals surface area contributed by atoms with Crippen LogP contribution >= 0.6 is 0 Å². The van der Waals surface area contributed by atoms with E-state index in [1.54, 1.807) is 0 Å². The van der Waals surface area contributed by atoms with E-state index in [0.717, 1.165) is 25.7 Å². The molecular formula is C29H54O. The largest absolute Gasteiger partial charge is 0.290 e. The molecule has 0 saturated carbocycles. The van der Waals surface area contributed by atoms with Crippen LogP contribution in [0.2, 0.25) is 0 Å². The lowest BCUT2D eigenvalue weighted by molar-refractivity contribution is -0.110. The molecule has 0 rings (SSSR count). The molecule has 0 radical (unpaired) electrons. The lowest BCUT2D eigenvalue weighted by atomic mass is 9.97. The third-order valence-corrected chi connectivity index (χ3v) is 6.10. The van der Waals surface area contributed by atoms with E-state index in [4.69, 9.17) is 0 Å². The third kappa shape index (κ3) is 19.1. The van der Waals surface area contributed by atoms with Gasteiger partial charge < -0.3 is 0 Å². The van der Waals surface area contributed by atoms with Crippen molar-refractivity contribution in [2.45, 2.75) is 156 Å². The zero-order valence-corrected chi connectivity index (χ0v) is 21.2. The molecular weight excluding hydrogens is 364 g/mol. The summed E-state index contributed by atoms with van der Waals surface area (Å²) in [6.45, 7) is 9.03. The normalized spacial score (nSPS) is 12.5. The smallest absolute Gasteiger partial charge is 0.178 e. The van der Waals surface area contributed by atoms with Crippen molar-refractivity contribution in [3.63, 3.8) is 0 Å². The van der Waals surface area contributed by atoms with Gasteiger partial charge in [0, 0.05) is 0 Å². The summed E-state index contributed by atoms with van der Waals surface area (Å²) in [6, 6.07) is 0. The molecule has 1 heteroatoms. The van der Waals surface area contributed by atoms with Crippen LogP contribution in [0.4, 0.5) is 0 Å². The highest BCUT2D eigenvalue weighted by atomic mass is 16.1. The Morgan fingerprint density at radius 3 is 1.10 bits per heavy atom. The first-order valence-corrected chi connectivity index (χ1v) is 13.6. The third-order valence-electron chi connectivity index (χ3n) is 6.10. The van der Waals surface area contributed by atoms with Gasteiger partial charge in [-0.05, 0) is 63.5 Å². The molecule has 30 heavy (non-hydrogen) atoms. The number of allylic oxidation sites excluding steroid dienone is 4. The summed E-state index contributed by atoms with van der Waals surface area (Å²) in [7, 11) is 0. The van der Waals surface area contributed by atoms with E-state index in [9.17, 15) is 4.79 Å². The van der Waals surface area contributed by atoms with Crippen LogP contribution in [-0.2, 0) is 4.79 Å². The predicted octanol–water partition coefficient (Wildman–Crippen LogP) is 10.3. The Hall–Kier alpha value is -0.850. The van der Waals surface area contributed by atoms with Gasteiger partial charge in [-0.25, -0.2) is 0 Å². The summed E-state index contributed by atoms with van der Waals surface area (Å²) >= 11 is 0. The molecule has 0 aromatic heterocycles. The predicted molar refractivity (Wildman–Crippen MR) is 136 cm³/mol. The highest BCUT2D eigenvalue weighted by molar-refractivity contribution is 6.00. The molecule has 0 spiro atoms. The van der Waals surface area contributed by atoms with E-state index >= 15 is 0 Å². The molecule has 0 N–H and O–H groups in total. The maximum absolute atomic E-state index is 12.8. The fraction of sp³-hybridized carbons (Fsp3) is 0.828. The number of carbonyl (C=O) groups is 1. The maximum atomic E-state index is 12.8. The molecule has 0 amide bonds. The summed E-state index contributed by atoms with van der Waals surface area (Å²) in [5.74, 6) is 0.254. The fourth-order valence-corrected chi connectivity index (χ4v) is 4.06. The van der Waals surface area contributed by atoms with Gasteiger partial charge in [0.25, 0.3) is 0 Å². The van der Waals surface area contributed by atoms with E-state index in [1.807, 2.05) is 12.2 Å². The Morgan fingerprint density at radius 2 is 0.733 bits per heavy atom. The minimum atomic E-state index is 0.254. The van der Waals surface area contributed by atoms with Crippen LogP contribution in [0.1, 0.15) is 156 Å². The zero-order valence-electron chi connectivity index (χ0n) is 21.2. The lowest BCUT2D eigenvalue weighted by Crippen LogP contribution is -1.96. The van der Waals surface area contributed by atoms with Gasteiger partial charge in [0.15, 0.2) is 5.78 Å². The molecule has 0 saturated heterocycles. The number of hydrogen-bond acceptors (Lipinski definition) is 1. The van der Waals surface area contributed by atoms with Gasteiger partial charge in [0.1, 0.15) is 0 Å². The lowest BCUT2D eigenvalue weighted by Gasteiger charge is -2.09. The Kier molecular flexibility index (Phi) is 22.2.